The highest BCUT2D eigenvalue weighted by Crippen LogP contribution is 2.30. The molecule has 0 aliphatic carbocycles. The molecule has 0 aliphatic heterocycles. The van der Waals surface area contributed by atoms with Crippen LogP contribution < -0.4 is 5.32 Å². The van der Waals surface area contributed by atoms with E-state index in [1.54, 1.807) is 6.07 Å². The Morgan fingerprint density at radius 3 is 2.31 bits per heavy atom. The summed E-state index contributed by atoms with van der Waals surface area (Å²) in [6.45, 7) is 4.06. The Labute approximate surface area is 110 Å². The number of alkyl halides is 3. The normalized spacial score (nSPS) is 11.6. The summed E-state index contributed by atoms with van der Waals surface area (Å²) in [4.78, 5) is 11.5. The van der Waals surface area contributed by atoms with Crippen LogP contribution in [0.15, 0.2) is 24.3 Å². The Kier molecular flexibility index (Phi) is 4.48. The molecule has 0 saturated carbocycles. The predicted octanol–water partition coefficient (Wildman–Crippen LogP) is 4.12. The average Bonchev–Trinajstić information content (AvgIpc) is 2.16. The zero-order valence-electron chi connectivity index (χ0n) is 8.93. The number of anilines is 1. The van der Waals surface area contributed by atoms with E-state index in [2.05, 4.69) is 5.32 Å². The fourth-order valence-corrected chi connectivity index (χ4v) is 1.45. The van der Waals surface area contributed by atoms with Crippen molar-refractivity contribution in [1.29, 1.82) is 0 Å². The Morgan fingerprint density at radius 2 is 1.81 bits per heavy atom. The molecule has 0 spiro atoms. The molecule has 1 N–H and O–H groups in total. The molecule has 0 aromatic heterocycles. The van der Waals surface area contributed by atoms with Gasteiger partial charge in [0.2, 0.25) is 0 Å². The van der Waals surface area contributed by atoms with Gasteiger partial charge in [-0.15, -0.1) is 0 Å². The third kappa shape index (κ3) is 3.55. The SMILES string of the molecule is CC(C)c1ccccc1NC(=O)C(Cl)(Cl)Cl. The van der Waals surface area contributed by atoms with Crippen molar-refractivity contribution in [1.82, 2.24) is 0 Å². The van der Waals surface area contributed by atoms with Gasteiger partial charge in [-0.3, -0.25) is 4.79 Å². The van der Waals surface area contributed by atoms with Crippen LogP contribution in [0.2, 0.25) is 0 Å². The van der Waals surface area contributed by atoms with Crippen LogP contribution in [0.4, 0.5) is 5.69 Å². The molecule has 1 amide bonds. The fraction of sp³-hybridized carbons (Fsp3) is 0.364. The van der Waals surface area contributed by atoms with Gasteiger partial charge in [0, 0.05) is 5.69 Å². The molecule has 88 valence electrons. The van der Waals surface area contributed by atoms with Gasteiger partial charge in [-0.25, -0.2) is 0 Å². The quantitative estimate of drug-likeness (QED) is 0.811. The van der Waals surface area contributed by atoms with Crippen molar-refractivity contribution in [3.8, 4) is 0 Å². The molecule has 0 atom stereocenters. The van der Waals surface area contributed by atoms with E-state index < -0.39 is 9.70 Å². The average molecular weight is 281 g/mol. The number of nitrogens with one attached hydrogen (secondary N) is 1. The standard InChI is InChI=1S/C11H12Cl3NO/c1-7(2)8-5-3-4-6-9(8)15-10(16)11(12,13)14/h3-7H,1-2H3,(H,15,16). The van der Waals surface area contributed by atoms with Crippen LogP contribution >= 0.6 is 34.8 Å². The van der Waals surface area contributed by atoms with E-state index in [1.165, 1.54) is 0 Å². The minimum Gasteiger partial charge on any atom is -0.322 e. The Morgan fingerprint density at radius 1 is 1.25 bits per heavy atom. The van der Waals surface area contributed by atoms with Crippen LogP contribution in [0.3, 0.4) is 0 Å². The van der Waals surface area contributed by atoms with Gasteiger partial charge >= 0.3 is 0 Å². The van der Waals surface area contributed by atoms with Crippen molar-refractivity contribution in [3.63, 3.8) is 0 Å². The molecule has 5 heteroatoms. The minimum atomic E-state index is -1.94. The number of rotatable bonds is 2. The minimum absolute atomic E-state index is 0.284. The molecule has 0 aliphatic rings. The van der Waals surface area contributed by atoms with E-state index in [4.69, 9.17) is 34.8 Å². The summed E-state index contributed by atoms with van der Waals surface area (Å²) in [7, 11) is 0. The van der Waals surface area contributed by atoms with Crippen molar-refractivity contribution in [2.24, 2.45) is 0 Å². The Balaban J connectivity index is 2.94. The van der Waals surface area contributed by atoms with E-state index in [9.17, 15) is 4.79 Å². The third-order valence-electron chi connectivity index (χ3n) is 2.09. The molecule has 0 fully saturated rings. The first-order valence-electron chi connectivity index (χ1n) is 4.79. The smallest absolute Gasteiger partial charge is 0.276 e. The number of para-hydroxylation sites is 1. The fourth-order valence-electron chi connectivity index (χ4n) is 1.31. The van der Waals surface area contributed by atoms with E-state index in [1.807, 2.05) is 32.0 Å². The maximum Gasteiger partial charge on any atom is 0.276 e. The first-order chi connectivity index (χ1) is 7.32. The maximum absolute atomic E-state index is 11.5. The van der Waals surface area contributed by atoms with Gasteiger partial charge in [0.15, 0.2) is 0 Å². The number of carbonyl (C=O) groups is 1. The second-order valence-electron chi connectivity index (χ2n) is 3.69. The van der Waals surface area contributed by atoms with Crippen LogP contribution in [0.5, 0.6) is 0 Å². The molecule has 0 radical (unpaired) electrons. The van der Waals surface area contributed by atoms with Gasteiger partial charge in [0.05, 0.1) is 0 Å². The summed E-state index contributed by atoms with van der Waals surface area (Å²) in [6.07, 6.45) is 0. The van der Waals surface area contributed by atoms with Crippen LogP contribution in [0.25, 0.3) is 0 Å². The van der Waals surface area contributed by atoms with Crippen LogP contribution in [0, 0.1) is 0 Å². The lowest BCUT2D eigenvalue weighted by molar-refractivity contribution is -0.115. The molecular formula is C11H12Cl3NO. The zero-order valence-corrected chi connectivity index (χ0v) is 11.2. The van der Waals surface area contributed by atoms with Gasteiger partial charge in [-0.2, -0.15) is 0 Å². The highest BCUT2D eigenvalue weighted by Gasteiger charge is 2.31. The lowest BCUT2D eigenvalue weighted by Gasteiger charge is -2.16. The summed E-state index contributed by atoms with van der Waals surface area (Å²) < 4.78 is -1.94. The monoisotopic (exact) mass is 279 g/mol. The van der Waals surface area contributed by atoms with Crippen LogP contribution in [-0.2, 0) is 4.79 Å². The summed E-state index contributed by atoms with van der Waals surface area (Å²) in [5.41, 5.74) is 1.68. The molecule has 0 heterocycles. The molecule has 1 aromatic rings. The van der Waals surface area contributed by atoms with E-state index in [0.717, 1.165) is 5.56 Å². The lowest BCUT2D eigenvalue weighted by Crippen LogP contribution is -2.27. The van der Waals surface area contributed by atoms with Crippen molar-refractivity contribution < 1.29 is 4.79 Å². The van der Waals surface area contributed by atoms with Crippen molar-refractivity contribution in [3.05, 3.63) is 29.8 Å². The molecule has 0 bridgehead atoms. The number of benzene rings is 1. The number of amides is 1. The first kappa shape index (κ1) is 13.6. The van der Waals surface area contributed by atoms with Gasteiger partial charge in [0.25, 0.3) is 9.70 Å². The van der Waals surface area contributed by atoms with Crippen molar-refractivity contribution in [2.45, 2.75) is 23.6 Å². The van der Waals surface area contributed by atoms with E-state index in [-0.39, 0.29) is 5.92 Å². The maximum atomic E-state index is 11.5. The van der Waals surface area contributed by atoms with Crippen molar-refractivity contribution >= 4 is 46.4 Å². The predicted molar refractivity (Wildman–Crippen MR) is 69.5 cm³/mol. The molecule has 16 heavy (non-hydrogen) atoms. The van der Waals surface area contributed by atoms with Crippen molar-refractivity contribution in [2.75, 3.05) is 5.32 Å². The molecule has 1 aromatic carbocycles. The van der Waals surface area contributed by atoms with E-state index >= 15 is 0 Å². The van der Waals surface area contributed by atoms with Gasteiger partial charge < -0.3 is 5.32 Å². The molecular weight excluding hydrogens is 268 g/mol. The third-order valence-corrected chi connectivity index (χ3v) is 2.60. The second-order valence-corrected chi connectivity index (χ2v) is 5.98. The zero-order chi connectivity index (χ0) is 12.3. The topological polar surface area (TPSA) is 29.1 Å². The van der Waals surface area contributed by atoms with Gasteiger partial charge in [-0.05, 0) is 17.5 Å². The van der Waals surface area contributed by atoms with Crippen LogP contribution in [0.1, 0.15) is 25.3 Å². The molecule has 0 saturated heterocycles. The van der Waals surface area contributed by atoms with E-state index in [0.29, 0.717) is 5.69 Å². The first-order valence-corrected chi connectivity index (χ1v) is 5.93. The molecule has 1 rings (SSSR count). The number of hydrogen-bond acceptors (Lipinski definition) is 1. The summed E-state index contributed by atoms with van der Waals surface area (Å²) >= 11 is 16.5. The lowest BCUT2D eigenvalue weighted by atomic mass is 10.0. The highest BCUT2D eigenvalue weighted by molar-refractivity contribution is 6.76. The highest BCUT2D eigenvalue weighted by atomic mass is 35.6. The number of halogens is 3. The Hall–Kier alpha value is -0.440. The van der Waals surface area contributed by atoms with Gasteiger partial charge in [-0.1, -0.05) is 66.8 Å². The Bertz CT molecular complexity index is 385. The van der Waals surface area contributed by atoms with Gasteiger partial charge in [0.1, 0.15) is 0 Å². The van der Waals surface area contributed by atoms with Crippen LogP contribution in [-0.4, -0.2) is 9.70 Å². The summed E-state index contributed by atoms with van der Waals surface area (Å²) in [6, 6.07) is 7.43. The number of carbonyl (C=O) groups excluding carboxylic acids is 1. The summed E-state index contributed by atoms with van der Waals surface area (Å²) in [5, 5.41) is 2.60. The second kappa shape index (κ2) is 5.26. The largest absolute Gasteiger partial charge is 0.322 e. The molecule has 0 unspecified atom stereocenters. The molecule has 2 nitrogen and oxygen atoms in total. The number of hydrogen-bond donors (Lipinski definition) is 1. The summed E-state index contributed by atoms with van der Waals surface area (Å²) in [5.74, 6) is -0.363.